The summed E-state index contributed by atoms with van der Waals surface area (Å²) in [6.07, 6.45) is 4.36. The lowest BCUT2D eigenvalue weighted by Gasteiger charge is -2.28. The number of para-hydroxylation sites is 1. The summed E-state index contributed by atoms with van der Waals surface area (Å²) < 4.78 is 0. The fourth-order valence-electron chi connectivity index (χ4n) is 3.14. The molecule has 4 heteroatoms. The second-order valence-electron chi connectivity index (χ2n) is 5.61. The van der Waals surface area contributed by atoms with Gasteiger partial charge in [-0.2, -0.15) is 0 Å². The molecule has 1 aromatic heterocycles. The van der Waals surface area contributed by atoms with E-state index in [0.717, 1.165) is 31.7 Å². The molecule has 3 nitrogen and oxygen atoms in total. The summed E-state index contributed by atoms with van der Waals surface area (Å²) in [5.74, 6) is 0. The Labute approximate surface area is 133 Å². The molecule has 0 aliphatic carbocycles. The Kier molecular flexibility index (Phi) is 5.97. The lowest BCUT2D eigenvalue weighted by molar-refractivity contribution is 0.200. The Morgan fingerprint density at radius 1 is 1.29 bits per heavy atom. The maximum Gasteiger partial charge on any atom is 0.0746 e. The topological polar surface area (TPSA) is 28.2 Å². The molecule has 1 aliphatic rings. The molecule has 2 heterocycles. The number of hydrogen-bond acceptors (Lipinski definition) is 3. The van der Waals surface area contributed by atoms with Crippen LogP contribution in [0.1, 0.15) is 25.3 Å². The van der Waals surface area contributed by atoms with Gasteiger partial charge in [0.15, 0.2) is 0 Å². The van der Waals surface area contributed by atoms with Crippen LogP contribution >= 0.6 is 12.4 Å². The number of nitrogens with one attached hydrogen (secondary N) is 1. The van der Waals surface area contributed by atoms with Crippen molar-refractivity contribution in [3.8, 4) is 0 Å². The van der Waals surface area contributed by atoms with Crippen LogP contribution in [0, 0.1) is 0 Å². The van der Waals surface area contributed by atoms with Crippen molar-refractivity contribution in [2.24, 2.45) is 0 Å². The number of benzene rings is 1. The smallest absolute Gasteiger partial charge is 0.0746 e. The molecule has 1 fully saturated rings. The molecule has 2 aromatic rings. The van der Waals surface area contributed by atoms with Crippen LogP contribution in [0.3, 0.4) is 0 Å². The molecule has 114 valence electrons. The Hall–Kier alpha value is -1.16. The van der Waals surface area contributed by atoms with E-state index < -0.39 is 0 Å². The summed E-state index contributed by atoms with van der Waals surface area (Å²) in [6, 6.07) is 11.3. The Bertz CT molecular complexity index is 561. The summed E-state index contributed by atoms with van der Waals surface area (Å²) in [6.45, 7) is 6.71. The van der Waals surface area contributed by atoms with Crippen LogP contribution < -0.4 is 5.32 Å². The van der Waals surface area contributed by atoms with E-state index in [1.165, 1.54) is 23.8 Å². The highest BCUT2D eigenvalue weighted by Crippen LogP contribution is 2.20. The predicted molar refractivity (Wildman–Crippen MR) is 91.0 cm³/mol. The molecule has 0 bridgehead atoms. The number of pyridine rings is 1. The maximum atomic E-state index is 4.58. The molecule has 1 saturated heterocycles. The van der Waals surface area contributed by atoms with E-state index in [-0.39, 0.29) is 12.4 Å². The lowest BCUT2D eigenvalue weighted by atomic mass is 10.1. The minimum absolute atomic E-state index is 0. The largest absolute Gasteiger partial charge is 0.315 e. The number of aromatic nitrogens is 1. The van der Waals surface area contributed by atoms with Gasteiger partial charge in [0.05, 0.1) is 5.52 Å². The second kappa shape index (κ2) is 7.74. The van der Waals surface area contributed by atoms with Crippen LogP contribution in [0.15, 0.2) is 36.5 Å². The Morgan fingerprint density at radius 3 is 2.90 bits per heavy atom. The Balaban J connectivity index is 0.00000161. The van der Waals surface area contributed by atoms with Crippen molar-refractivity contribution in [1.29, 1.82) is 0 Å². The third kappa shape index (κ3) is 3.73. The van der Waals surface area contributed by atoms with Gasteiger partial charge in [0.25, 0.3) is 0 Å². The molecule has 1 unspecified atom stereocenters. The standard InChI is InChI=1S/C17H23N3.ClH/c1-2-11-20(16-8-10-18-12-16)13-15-6-3-5-14-7-4-9-19-17(14)15;/h3-7,9,16,18H,2,8,10-13H2,1H3;1H. The van der Waals surface area contributed by atoms with Crippen molar-refractivity contribution in [3.05, 3.63) is 42.1 Å². The molecule has 0 saturated carbocycles. The molecule has 1 N–H and O–H groups in total. The number of halogens is 1. The van der Waals surface area contributed by atoms with Gasteiger partial charge in [-0.05, 0) is 37.6 Å². The monoisotopic (exact) mass is 305 g/mol. The highest BCUT2D eigenvalue weighted by atomic mass is 35.5. The second-order valence-corrected chi connectivity index (χ2v) is 5.61. The van der Waals surface area contributed by atoms with Gasteiger partial charge in [-0.15, -0.1) is 12.4 Å². The molecule has 1 aliphatic heterocycles. The zero-order chi connectivity index (χ0) is 13.8. The van der Waals surface area contributed by atoms with Crippen LogP contribution in [0.2, 0.25) is 0 Å². The minimum Gasteiger partial charge on any atom is -0.315 e. The lowest BCUT2D eigenvalue weighted by Crippen LogP contribution is -2.37. The van der Waals surface area contributed by atoms with Gasteiger partial charge in [0, 0.05) is 30.7 Å². The zero-order valence-electron chi connectivity index (χ0n) is 12.6. The molecule has 1 atom stereocenters. The molecule has 0 amide bonds. The van der Waals surface area contributed by atoms with Gasteiger partial charge in [-0.25, -0.2) is 0 Å². The summed E-state index contributed by atoms with van der Waals surface area (Å²) in [7, 11) is 0. The van der Waals surface area contributed by atoms with Crippen molar-refractivity contribution in [1.82, 2.24) is 15.2 Å². The average molecular weight is 306 g/mol. The fourth-order valence-corrected chi connectivity index (χ4v) is 3.14. The first kappa shape index (κ1) is 16.2. The molecule has 0 spiro atoms. The average Bonchev–Trinajstić information content (AvgIpc) is 3.01. The molecule has 3 rings (SSSR count). The first-order valence-corrected chi connectivity index (χ1v) is 7.66. The van der Waals surface area contributed by atoms with E-state index in [1.54, 1.807) is 0 Å². The molecule has 0 radical (unpaired) electrons. The van der Waals surface area contributed by atoms with E-state index in [0.29, 0.717) is 6.04 Å². The summed E-state index contributed by atoms with van der Waals surface area (Å²) >= 11 is 0. The first-order valence-electron chi connectivity index (χ1n) is 7.66. The van der Waals surface area contributed by atoms with E-state index >= 15 is 0 Å². The third-order valence-corrected chi connectivity index (χ3v) is 4.15. The van der Waals surface area contributed by atoms with Crippen LogP contribution in [0.4, 0.5) is 0 Å². The molecular weight excluding hydrogens is 282 g/mol. The number of hydrogen-bond donors (Lipinski definition) is 1. The maximum absolute atomic E-state index is 4.58. The van der Waals surface area contributed by atoms with Crippen LogP contribution in [-0.2, 0) is 6.54 Å². The number of nitrogens with zero attached hydrogens (tertiary/aromatic N) is 2. The zero-order valence-corrected chi connectivity index (χ0v) is 13.4. The van der Waals surface area contributed by atoms with Gasteiger partial charge >= 0.3 is 0 Å². The van der Waals surface area contributed by atoms with E-state index in [2.05, 4.69) is 46.4 Å². The summed E-state index contributed by atoms with van der Waals surface area (Å²) in [5.41, 5.74) is 2.51. The summed E-state index contributed by atoms with van der Waals surface area (Å²) in [5, 5.41) is 4.72. The van der Waals surface area contributed by atoms with Crippen molar-refractivity contribution >= 4 is 23.3 Å². The highest BCUT2D eigenvalue weighted by Gasteiger charge is 2.22. The molecule has 1 aromatic carbocycles. The van der Waals surface area contributed by atoms with Crippen molar-refractivity contribution in [2.45, 2.75) is 32.4 Å². The van der Waals surface area contributed by atoms with Crippen LogP contribution in [-0.4, -0.2) is 35.6 Å². The van der Waals surface area contributed by atoms with Gasteiger partial charge < -0.3 is 5.32 Å². The van der Waals surface area contributed by atoms with Gasteiger partial charge in [-0.1, -0.05) is 31.2 Å². The molecule has 21 heavy (non-hydrogen) atoms. The van der Waals surface area contributed by atoms with Crippen LogP contribution in [0.5, 0.6) is 0 Å². The van der Waals surface area contributed by atoms with Gasteiger partial charge in [-0.3, -0.25) is 9.88 Å². The third-order valence-electron chi connectivity index (χ3n) is 4.15. The predicted octanol–water partition coefficient (Wildman–Crippen LogP) is 3.23. The quantitative estimate of drug-likeness (QED) is 0.919. The minimum atomic E-state index is 0. The number of rotatable bonds is 5. The van der Waals surface area contributed by atoms with Gasteiger partial charge in [0.2, 0.25) is 0 Å². The van der Waals surface area contributed by atoms with Crippen molar-refractivity contribution < 1.29 is 0 Å². The van der Waals surface area contributed by atoms with E-state index in [4.69, 9.17) is 0 Å². The first-order chi connectivity index (χ1) is 9.88. The van der Waals surface area contributed by atoms with Crippen molar-refractivity contribution in [2.75, 3.05) is 19.6 Å². The number of fused-ring (bicyclic) bond motifs is 1. The van der Waals surface area contributed by atoms with Crippen LogP contribution in [0.25, 0.3) is 10.9 Å². The van der Waals surface area contributed by atoms with E-state index in [1.807, 2.05) is 12.3 Å². The SMILES string of the molecule is CCCN(Cc1cccc2cccnc12)C1CCNC1.Cl. The normalized spacial score (nSPS) is 18.1. The van der Waals surface area contributed by atoms with Crippen molar-refractivity contribution in [3.63, 3.8) is 0 Å². The summed E-state index contributed by atoms with van der Waals surface area (Å²) in [4.78, 5) is 7.19. The Morgan fingerprint density at radius 2 is 2.14 bits per heavy atom. The van der Waals surface area contributed by atoms with Gasteiger partial charge in [0.1, 0.15) is 0 Å². The highest BCUT2D eigenvalue weighted by molar-refractivity contribution is 5.85. The molecular formula is C17H24ClN3. The van der Waals surface area contributed by atoms with E-state index in [9.17, 15) is 0 Å². The fraction of sp³-hybridized carbons (Fsp3) is 0.471.